The van der Waals surface area contributed by atoms with Gasteiger partial charge in [-0.25, -0.2) is 0 Å². The van der Waals surface area contributed by atoms with Crippen LogP contribution in [0.15, 0.2) is 22.1 Å². The van der Waals surface area contributed by atoms with E-state index in [1.165, 1.54) is 10.6 Å². The number of rotatable bonds is 2. The normalized spacial score (nSPS) is 12.0. The molecule has 17 heavy (non-hydrogen) atoms. The van der Waals surface area contributed by atoms with Crippen LogP contribution in [-0.4, -0.2) is 9.55 Å². The standard InChI is InChI=1S/C12H15BrN2S2/c1-12(2,3)9-6-14-11(16)15(9)7-8-4-5-10(13)17-8/h4-6H,7H2,1-3H3,(H,14,16). The number of hydrogen-bond acceptors (Lipinski definition) is 2. The fourth-order valence-corrected chi connectivity index (χ4v) is 3.46. The Kier molecular flexibility index (Phi) is 3.61. The number of hydrogen-bond donors (Lipinski definition) is 1. The van der Waals surface area contributed by atoms with Gasteiger partial charge in [-0.2, -0.15) is 0 Å². The third-order valence-electron chi connectivity index (χ3n) is 2.58. The van der Waals surface area contributed by atoms with Gasteiger partial charge in [-0.3, -0.25) is 0 Å². The highest BCUT2D eigenvalue weighted by molar-refractivity contribution is 9.11. The molecule has 0 aliphatic heterocycles. The van der Waals surface area contributed by atoms with Crippen molar-refractivity contribution in [1.82, 2.24) is 9.55 Å². The quantitative estimate of drug-likeness (QED) is 0.790. The molecule has 2 aromatic heterocycles. The SMILES string of the molecule is CC(C)(C)c1c[nH]c(=S)n1Cc1ccc(Br)s1. The fraction of sp³-hybridized carbons (Fsp3) is 0.417. The summed E-state index contributed by atoms with van der Waals surface area (Å²) in [7, 11) is 0. The largest absolute Gasteiger partial charge is 0.337 e. The van der Waals surface area contributed by atoms with Crippen molar-refractivity contribution in [2.45, 2.75) is 32.7 Å². The maximum absolute atomic E-state index is 5.35. The molecule has 0 unspecified atom stereocenters. The Morgan fingerprint density at radius 1 is 1.41 bits per heavy atom. The molecular formula is C12H15BrN2S2. The molecule has 0 atom stereocenters. The van der Waals surface area contributed by atoms with Crippen molar-refractivity contribution in [3.8, 4) is 0 Å². The molecule has 0 saturated heterocycles. The number of aromatic amines is 1. The predicted octanol–water partition coefficient (Wildman–Crippen LogP) is 4.72. The first kappa shape index (κ1) is 13.1. The van der Waals surface area contributed by atoms with Crippen molar-refractivity contribution in [2.24, 2.45) is 0 Å². The molecule has 1 N–H and O–H groups in total. The van der Waals surface area contributed by atoms with Gasteiger partial charge < -0.3 is 9.55 Å². The van der Waals surface area contributed by atoms with Gasteiger partial charge in [-0.05, 0) is 40.3 Å². The molecule has 0 bridgehead atoms. The minimum Gasteiger partial charge on any atom is -0.337 e. The van der Waals surface area contributed by atoms with Gasteiger partial charge in [0.25, 0.3) is 0 Å². The third kappa shape index (κ3) is 2.89. The molecule has 0 aliphatic carbocycles. The summed E-state index contributed by atoms with van der Waals surface area (Å²) >= 11 is 10.6. The van der Waals surface area contributed by atoms with E-state index in [4.69, 9.17) is 12.2 Å². The molecule has 0 aromatic carbocycles. The molecule has 2 aromatic rings. The number of aromatic nitrogens is 2. The fourth-order valence-electron chi connectivity index (χ4n) is 1.77. The van der Waals surface area contributed by atoms with Crippen molar-refractivity contribution in [2.75, 3.05) is 0 Å². The zero-order valence-electron chi connectivity index (χ0n) is 10.1. The number of imidazole rings is 1. The van der Waals surface area contributed by atoms with Gasteiger partial charge in [0, 0.05) is 22.2 Å². The van der Waals surface area contributed by atoms with E-state index >= 15 is 0 Å². The van der Waals surface area contributed by atoms with E-state index < -0.39 is 0 Å². The van der Waals surface area contributed by atoms with Crippen molar-refractivity contribution < 1.29 is 0 Å². The number of H-pyrrole nitrogens is 1. The smallest absolute Gasteiger partial charge is 0.177 e. The van der Waals surface area contributed by atoms with Gasteiger partial charge in [-0.1, -0.05) is 20.8 Å². The van der Waals surface area contributed by atoms with E-state index in [9.17, 15) is 0 Å². The van der Waals surface area contributed by atoms with E-state index in [2.05, 4.69) is 58.4 Å². The summed E-state index contributed by atoms with van der Waals surface area (Å²) in [5, 5.41) is 0. The first-order valence-corrected chi connectivity index (χ1v) is 7.42. The molecule has 0 radical (unpaired) electrons. The first-order valence-electron chi connectivity index (χ1n) is 5.41. The van der Waals surface area contributed by atoms with Crippen molar-refractivity contribution in [1.29, 1.82) is 0 Å². The van der Waals surface area contributed by atoms with E-state index in [0.717, 1.165) is 15.1 Å². The Morgan fingerprint density at radius 2 is 2.12 bits per heavy atom. The second-order valence-corrected chi connectivity index (χ2v) is 7.96. The van der Waals surface area contributed by atoms with Crippen molar-refractivity contribution in [3.63, 3.8) is 0 Å². The molecule has 0 amide bonds. The average Bonchev–Trinajstić information content (AvgIpc) is 2.74. The number of nitrogens with one attached hydrogen (secondary N) is 1. The van der Waals surface area contributed by atoms with Crippen LogP contribution >= 0.6 is 39.5 Å². The average molecular weight is 331 g/mol. The molecule has 0 aliphatic rings. The Morgan fingerprint density at radius 3 is 2.65 bits per heavy atom. The van der Waals surface area contributed by atoms with Gasteiger partial charge in [0.05, 0.1) is 10.3 Å². The van der Waals surface area contributed by atoms with Crippen LogP contribution in [-0.2, 0) is 12.0 Å². The zero-order valence-corrected chi connectivity index (χ0v) is 13.3. The van der Waals surface area contributed by atoms with E-state index in [1.54, 1.807) is 11.3 Å². The molecule has 2 rings (SSSR count). The summed E-state index contributed by atoms with van der Waals surface area (Å²) in [5.41, 5.74) is 1.34. The van der Waals surface area contributed by atoms with Gasteiger partial charge >= 0.3 is 0 Å². The molecule has 0 fully saturated rings. The Bertz CT molecular complexity index is 572. The Labute approximate surface area is 119 Å². The second-order valence-electron chi connectivity index (χ2n) is 5.02. The molecule has 5 heteroatoms. The minimum atomic E-state index is 0.0993. The monoisotopic (exact) mass is 330 g/mol. The van der Waals surface area contributed by atoms with Gasteiger partial charge in [0.15, 0.2) is 4.77 Å². The summed E-state index contributed by atoms with van der Waals surface area (Å²) in [4.78, 5) is 4.45. The number of halogens is 1. The lowest BCUT2D eigenvalue weighted by atomic mass is 9.92. The zero-order chi connectivity index (χ0) is 12.6. The first-order chi connectivity index (χ1) is 7.88. The highest BCUT2D eigenvalue weighted by Crippen LogP contribution is 2.26. The van der Waals surface area contributed by atoms with Gasteiger partial charge in [-0.15, -0.1) is 11.3 Å². The maximum Gasteiger partial charge on any atom is 0.177 e. The lowest BCUT2D eigenvalue weighted by molar-refractivity contribution is 0.530. The van der Waals surface area contributed by atoms with Crippen LogP contribution in [0.5, 0.6) is 0 Å². The van der Waals surface area contributed by atoms with Crippen LogP contribution in [0.3, 0.4) is 0 Å². The lowest BCUT2D eigenvalue weighted by Gasteiger charge is -2.20. The summed E-state index contributed by atoms with van der Waals surface area (Å²) in [6.07, 6.45) is 2.02. The Balaban J connectivity index is 2.39. The summed E-state index contributed by atoms with van der Waals surface area (Å²) < 4.78 is 4.12. The molecule has 2 heterocycles. The number of nitrogens with zero attached hydrogens (tertiary/aromatic N) is 1. The minimum absolute atomic E-state index is 0.0993. The van der Waals surface area contributed by atoms with Crippen molar-refractivity contribution in [3.05, 3.63) is 37.5 Å². The maximum atomic E-state index is 5.35. The summed E-state index contributed by atoms with van der Waals surface area (Å²) in [6.45, 7) is 7.44. The summed E-state index contributed by atoms with van der Waals surface area (Å²) in [5.74, 6) is 0. The molecule has 2 nitrogen and oxygen atoms in total. The van der Waals surface area contributed by atoms with Crippen LogP contribution in [0.25, 0.3) is 0 Å². The van der Waals surface area contributed by atoms with Crippen LogP contribution in [0.4, 0.5) is 0 Å². The van der Waals surface area contributed by atoms with E-state index in [-0.39, 0.29) is 5.41 Å². The third-order valence-corrected chi connectivity index (χ3v) is 4.53. The highest BCUT2D eigenvalue weighted by Gasteiger charge is 2.19. The Hall–Kier alpha value is -0.390. The molecule has 92 valence electrons. The number of thiophene rings is 1. The van der Waals surface area contributed by atoms with Crippen LogP contribution in [0.1, 0.15) is 31.3 Å². The van der Waals surface area contributed by atoms with E-state index in [0.29, 0.717) is 0 Å². The second kappa shape index (κ2) is 4.71. The van der Waals surface area contributed by atoms with E-state index in [1.807, 2.05) is 6.20 Å². The molecule has 0 spiro atoms. The van der Waals surface area contributed by atoms with Gasteiger partial charge in [0.1, 0.15) is 0 Å². The van der Waals surface area contributed by atoms with Crippen molar-refractivity contribution >= 4 is 39.5 Å². The van der Waals surface area contributed by atoms with Gasteiger partial charge in [0.2, 0.25) is 0 Å². The van der Waals surface area contributed by atoms with Crippen LogP contribution in [0, 0.1) is 4.77 Å². The molecular weight excluding hydrogens is 316 g/mol. The topological polar surface area (TPSA) is 20.7 Å². The highest BCUT2D eigenvalue weighted by atomic mass is 79.9. The van der Waals surface area contributed by atoms with Crippen LogP contribution in [0.2, 0.25) is 0 Å². The lowest BCUT2D eigenvalue weighted by Crippen LogP contribution is -2.17. The predicted molar refractivity (Wildman–Crippen MR) is 79.4 cm³/mol. The summed E-state index contributed by atoms with van der Waals surface area (Å²) in [6, 6.07) is 4.21. The van der Waals surface area contributed by atoms with Crippen LogP contribution < -0.4 is 0 Å². The molecule has 0 saturated carbocycles.